The SMILES string of the molecule is CC(=O)N1CCC[C@H]1COc1cc(C2=CC3(CCOC3)ON2)ccc1OC(F)F. The number of likely N-dealkylation sites (tertiary alicyclic amines) is 1. The molecule has 3 aliphatic heterocycles. The zero-order valence-electron chi connectivity index (χ0n) is 16.2. The monoisotopic (exact) mass is 410 g/mol. The van der Waals surface area contributed by atoms with E-state index in [0.29, 0.717) is 19.8 Å². The van der Waals surface area contributed by atoms with Crippen molar-refractivity contribution in [1.29, 1.82) is 0 Å². The Morgan fingerprint density at radius 2 is 2.28 bits per heavy atom. The van der Waals surface area contributed by atoms with E-state index in [0.717, 1.165) is 30.5 Å². The van der Waals surface area contributed by atoms with Crippen LogP contribution in [0.1, 0.15) is 31.7 Å². The Hall–Kier alpha value is -2.39. The van der Waals surface area contributed by atoms with Crippen LogP contribution in [-0.2, 0) is 14.4 Å². The molecule has 1 aromatic rings. The summed E-state index contributed by atoms with van der Waals surface area (Å²) in [5, 5.41) is 0. The standard InChI is InChI=1S/C20H24F2N2O5/c1-13(25)24-7-2-3-15(24)11-27-18-9-14(4-5-17(18)28-19(21)22)16-10-20(29-23-16)6-8-26-12-20/h4-5,9-10,15,19,23H,2-3,6-8,11-12H2,1H3/t15-,20?/m0/s1. The first kappa shape index (κ1) is 19.9. The van der Waals surface area contributed by atoms with Gasteiger partial charge in [0.25, 0.3) is 0 Å². The van der Waals surface area contributed by atoms with E-state index >= 15 is 0 Å². The highest BCUT2D eigenvalue weighted by atomic mass is 19.3. The average molecular weight is 410 g/mol. The molecule has 158 valence electrons. The van der Waals surface area contributed by atoms with Gasteiger partial charge in [-0.25, -0.2) is 0 Å². The van der Waals surface area contributed by atoms with Gasteiger partial charge in [-0.05, 0) is 37.1 Å². The Morgan fingerprint density at radius 3 is 3.00 bits per heavy atom. The second-order valence-electron chi connectivity index (χ2n) is 7.49. The van der Waals surface area contributed by atoms with Crippen molar-refractivity contribution in [2.45, 2.75) is 44.4 Å². The summed E-state index contributed by atoms with van der Waals surface area (Å²) < 4.78 is 41.5. The predicted molar refractivity (Wildman–Crippen MR) is 99.3 cm³/mol. The number of halogens is 2. The number of hydroxylamine groups is 1. The Morgan fingerprint density at radius 1 is 1.41 bits per heavy atom. The van der Waals surface area contributed by atoms with Crippen LogP contribution < -0.4 is 15.0 Å². The summed E-state index contributed by atoms with van der Waals surface area (Å²) in [5.41, 5.74) is 3.84. The van der Waals surface area contributed by atoms with Crippen LogP contribution in [0.3, 0.4) is 0 Å². The lowest BCUT2D eigenvalue weighted by Crippen LogP contribution is -2.37. The van der Waals surface area contributed by atoms with Gasteiger partial charge in [-0.15, -0.1) is 0 Å². The minimum Gasteiger partial charge on any atom is -0.488 e. The molecule has 4 rings (SSSR count). The maximum atomic E-state index is 12.8. The number of carbonyl (C=O) groups excluding carboxylic acids is 1. The van der Waals surface area contributed by atoms with Gasteiger partial charge in [0, 0.05) is 32.1 Å². The minimum absolute atomic E-state index is 0.0181. The van der Waals surface area contributed by atoms with Crippen LogP contribution >= 0.6 is 0 Å². The molecule has 2 atom stereocenters. The Bertz CT molecular complexity index is 795. The van der Waals surface area contributed by atoms with E-state index in [9.17, 15) is 13.6 Å². The van der Waals surface area contributed by atoms with Crippen molar-refractivity contribution >= 4 is 11.6 Å². The lowest BCUT2D eigenvalue weighted by Gasteiger charge is -2.24. The van der Waals surface area contributed by atoms with Crippen molar-refractivity contribution in [3.63, 3.8) is 0 Å². The molecule has 3 heterocycles. The normalized spacial score (nSPS) is 26.1. The highest BCUT2D eigenvalue weighted by Crippen LogP contribution is 2.36. The van der Waals surface area contributed by atoms with Gasteiger partial charge in [0.05, 0.1) is 18.3 Å². The number of nitrogens with one attached hydrogen (secondary N) is 1. The molecule has 0 aromatic heterocycles. The molecule has 0 bridgehead atoms. The number of hydrogen-bond acceptors (Lipinski definition) is 6. The molecule has 1 aromatic carbocycles. The van der Waals surface area contributed by atoms with E-state index in [4.69, 9.17) is 14.3 Å². The number of hydrogen-bond donors (Lipinski definition) is 1. The highest BCUT2D eigenvalue weighted by molar-refractivity contribution is 5.74. The lowest BCUT2D eigenvalue weighted by atomic mass is 10.0. The van der Waals surface area contributed by atoms with Crippen molar-refractivity contribution in [1.82, 2.24) is 10.4 Å². The highest BCUT2D eigenvalue weighted by Gasteiger charge is 2.39. The van der Waals surface area contributed by atoms with Gasteiger partial charge >= 0.3 is 6.61 Å². The van der Waals surface area contributed by atoms with Crippen molar-refractivity contribution in [3.05, 3.63) is 29.8 Å². The largest absolute Gasteiger partial charge is 0.488 e. The fraction of sp³-hybridized carbons (Fsp3) is 0.550. The molecular weight excluding hydrogens is 386 g/mol. The molecule has 3 aliphatic rings. The first-order valence-corrected chi connectivity index (χ1v) is 9.70. The smallest absolute Gasteiger partial charge is 0.387 e. The van der Waals surface area contributed by atoms with E-state index in [1.54, 1.807) is 17.0 Å². The van der Waals surface area contributed by atoms with Gasteiger partial charge in [0.15, 0.2) is 11.5 Å². The van der Waals surface area contributed by atoms with E-state index in [-0.39, 0.29) is 30.1 Å². The Labute approximate surface area is 167 Å². The van der Waals surface area contributed by atoms with E-state index in [1.807, 2.05) is 6.08 Å². The molecule has 2 saturated heterocycles. The molecule has 0 radical (unpaired) electrons. The molecule has 2 fully saturated rings. The molecule has 0 saturated carbocycles. The van der Waals surface area contributed by atoms with Crippen LogP contribution in [0.15, 0.2) is 24.3 Å². The molecule has 1 N–H and O–H groups in total. The molecular formula is C20H24F2N2O5. The van der Waals surface area contributed by atoms with Crippen LogP contribution in [0.25, 0.3) is 5.70 Å². The topological polar surface area (TPSA) is 69.3 Å². The fourth-order valence-corrected chi connectivity index (χ4v) is 3.97. The number of nitrogens with zero attached hydrogens (tertiary/aromatic N) is 1. The second kappa shape index (κ2) is 8.16. The third kappa shape index (κ3) is 4.30. The number of rotatable bonds is 6. The predicted octanol–water partition coefficient (Wildman–Crippen LogP) is 2.71. The minimum atomic E-state index is -2.96. The van der Waals surface area contributed by atoms with Crippen LogP contribution in [0.2, 0.25) is 0 Å². The Balaban J connectivity index is 1.54. The molecule has 0 aliphatic carbocycles. The summed E-state index contributed by atoms with van der Waals surface area (Å²) in [5.74, 6) is 0.134. The first-order valence-electron chi connectivity index (χ1n) is 9.70. The molecule has 9 heteroatoms. The van der Waals surface area contributed by atoms with Crippen molar-refractivity contribution in [3.8, 4) is 11.5 Å². The lowest BCUT2D eigenvalue weighted by molar-refractivity contribution is -0.130. The van der Waals surface area contributed by atoms with Crippen LogP contribution in [-0.4, -0.2) is 55.4 Å². The van der Waals surface area contributed by atoms with Crippen molar-refractivity contribution in [2.75, 3.05) is 26.4 Å². The first-order chi connectivity index (χ1) is 14.0. The maximum absolute atomic E-state index is 12.8. The summed E-state index contributed by atoms with van der Waals surface area (Å²) in [6.45, 7) is 0.530. The molecule has 1 spiro atoms. The van der Waals surface area contributed by atoms with Crippen LogP contribution in [0.5, 0.6) is 11.5 Å². The summed E-state index contributed by atoms with van der Waals surface area (Å²) in [7, 11) is 0. The molecule has 1 amide bonds. The summed E-state index contributed by atoms with van der Waals surface area (Å²) in [6, 6.07) is 4.68. The summed E-state index contributed by atoms with van der Waals surface area (Å²) in [6.07, 6.45) is 4.39. The van der Waals surface area contributed by atoms with E-state index in [2.05, 4.69) is 10.2 Å². The van der Waals surface area contributed by atoms with Crippen LogP contribution in [0, 0.1) is 0 Å². The van der Waals surface area contributed by atoms with Gasteiger partial charge in [-0.3, -0.25) is 15.1 Å². The number of carbonyl (C=O) groups is 1. The number of amides is 1. The van der Waals surface area contributed by atoms with E-state index < -0.39 is 12.2 Å². The quantitative estimate of drug-likeness (QED) is 0.778. The summed E-state index contributed by atoms with van der Waals surface area (Å²) >= 11 is 0. The second-order valence-corrected chi connectivity index (χ2v) is 7.49. The zero-order valence-corrected chi connectivity index (χ0v) is 16.2. The number of alkyl halides is 2. The third-order valence-corrected chi connectivity index (χ3v) is 5.47. The zero-order chi connectivity index (χ0) is 20.4. The average Bonchev–Trinajstić information content (AvgIpc) is 3.42. The van der Waals surface area contributed by atoms with Gasteiger partial charge in [-0.2, -0.15) is 8.78 Å². The van der Waals surface area contributed by atoms with Gasteiger partial charge < -0.3 is 19.1 Å². The number of ether oxygens (including phenoxy) is 3. The Kier molecular flexibility index (Phi) is 5.60. The van der Waals surface area contributed by atoms with E-state index in [1.165, 1.54) is 13.0 Å². The molecule has 29 heavy (non-hydrogen) atoms. The number of benzene rings is 1. The van der Waals surface area contributed by atoms with Gasteiger partial charge in [-0.1, -0.05) is 0 Å². The fourth-order valence-electron chi connectivity index (χ4n) is 3.97. The van der Waals surface area contributed by atoms with Crippen molar-refractivity contribution < 1.29 is 32.6 Å². The molecule has 1 unspecified atom stereocenters. The third-order valence-electron chi connectivity index (χ3n) is 5.47. The van der Waals surface area contributed by atoms with Gasteiger partial charge in [0.1, 0.15) is 12.2 Å². The molecule has 7 nitrogen and oxygen atoms in total. The van der Waals surface area contributed by atoms with Crippen molar-refractivity contribution in [2.24, 2.45) is 0 Å². The van der Waals surface area contributed by atoms with Gasteiger partial charge in [0.2, 0.25) is 5.91 Å². The maximum Gasteiger partial charge on any atom is 0.387 e. The summed E-state index contributed by atoms with van der Waals surface area (Å²) in [4.78, 5) is 19.2. The van der Waals surface area contributed by atoms with Crippen LogP contribution in [0.4, 0.5) is 8.78 Å².